The van der Waals surface area contributed by atoms with Crippen molar-refractivity contribution < 1.29 is 19.4 Å². The predicted molar refractivity (Wildman–Crippen MR) is 133 cm³/mol. The number of imidazole rings is 1. The molecule has 0 spiro atoms. The number of aliphatic hydroxyl groups excluding tert-OH is 1. The van der Waals surface area contributed by atoms with E-state index in [0.29, 0.717) is 25.3 Å². The van der Waals surface area contributed by atoms with Gasteiger partial charge >= 0.3 is 5.97 Å². The highest BCUT2D eigenvalue weighted by Gasteiger charge is 2.28. The molecule has 1 aliphatic carbocycles. The molecule has 9 nitrogen and oxygen atoms in total. The Balaban J connectivity index is 1.56. The van der Waals surface area contributed by atoms with Gasteiger partial charge in [-0.15, -0.1) is 0 Å². The molecule has 35 heavy (non-hydrogen) atoms. The number of pyridine rings is 1. The van der Waals surface area contributed by atoms with E-state index in [2.05, 4.69) is 14.9 Å². The number of hydrogen-bond acceptors (Lipinski definition) is 7. The second kappa shape index (κ2) is 11.2. The van der Waals surface area contributed by atoms with E-state index in [9.17, 15) is 14.7 Å². The van der Waals surface area contributed by atoms with Crippen LogP contribution >= 0.6 is 0 Å². The average Bonchev–Trinajstić information content (AvgIpc) is 3.46. The first-order valence-electron chi connectivity index (χ1n) is 12.2. The summed E-state index contributed by atoms with van der Waals surface area (Å²) >= 11 is 0. The van der Waals surface area contributed by atoms with Gasteiger partial charge in [-0.2, -0.15) is 0 Å². The van der Waals surface area contributed by atoms with Crippen LogP contribution in [0.4, 0.5) is 0 Å². The van der Waals surface area contributed by atoms with Crippen LogP contribution in [0.15, 0.2) is 35.3 Å². The Bertz CT molecular complexity index is 1230. The number of aromatic nitrogens is 3. The third-order valence-corrected chi connectivity index (χ3v) is 6.53. The van der Waals surface area contributed by atoms with Crippen molar-refractivity contribution in [1.82, 2.24) is 19.9 Å². The van der Waals surface area contributed by atoms with E-state index in [0.717, 1.165) is 53.7 Å². The van der Waals surface area contributed by atoms with Gasteiger partial charge in [-0.05, 0) is 63.3 Å². The maximum absolute atomic E-state index is 12.6. The SMILES string of the molecule is COCCn1c(-c2c[nH]c(=O)c(C)c2)nc2cc(CNC(C(=O)OC3CCCC3)C(C)O)ccc21. The molecule has 2 aromatic heterocycles. The number of rotatable bonds is 10. The Morgan fingerprint density at radius 1 is 1.31 bits per heavy atom. The molecule has 1 fully saturated rings. The summed E-state index contributed by atoms with van der Waals surface area (Å²) in [7, 11) is 1.66. The molecule has 3 N–H and O–H groups in total. The van der Waals surface area contributed by atoms with Crippen LogP contribution in [0.3, 0.4) is 0 Å². The molecule has 2 heterocycles. The Morgan fingerprint density at radius 3 is 2.77 bits per heavy atom. The Kier molecular flexibility index (Phi) is 8.00. The fourth-order valence-electron chi connectivity index (χ4n) is 4.56. The van der Waals surface area contributed by atoms with Gasteiger partial charge in [0.2, 0.25) is 0 Å². The standard InChI is InChI=1S/C26H34N4O5/c1-16-12-19(15-28-25(16)32)24-29-21-13-18(8-9-22(21)30(24)10-11-34-3)14-27-23(17(2)31)26(33)35-20-6-4-5-7-20/h8-9,12-13,15,17,20,23,27,31H,4-7,10-11,14H2,1-3H3,(H,28,32). The van der Waals surface area contributed by atoms with Crippen molar-refractivity contribution in [2.45, 2.75) is 70.9 Å². The zero-order valence-electron chi connectivity index (χ0n) is 20.5. The van der Waals surface area contributed by atoms with Gasteiger partial charge in [-0.3, -0.25) is 14.9 Å². The summed E-state index contributed by atoms with van der Waals surface area (Å²) in [5.74, 6) is 0.330. The topological polar surface area (TPSA) is 118 Å². The summed E-state index contributed by atoms with van der Waals surface area (Å²) in [4.78, 5) is 32.1. The lowest BCUT2D eigenvalue weighted by Crippen LogP contribution is -2.46. The highest BCUT2D eigenvalue weighted by molar-refractivity contribution is 5.81. The molecular weight excluding hydrogens is 448 g/mol. The Hall–Kier alpha value is -3.01. The molecule has 0 saturated heterocycles. The third kappa shape index (κ3) is 5.80. The Morgan fingerprint density at radius 2 is 2.09 bits per heavy atom. The molecule has 2 unspecified atom stereocenters. The largest absolute Gasteiger partial charge is 0.461 e. The number of nitrogens with one attached hydrogen (secondary N) is 2. The minimum absolute atomic E-state index is 0.0482. The van der Waals surface area contributed by atoms with E-state index in [1.54, 1.807) is 27.2 Å². The molecule has 9 heteroatoms. The first kappa shape index (κ1) is 25.1. The van der Waals surface area contributed by atoms with E-state index in [1.165, 1.54) is 0 Å². The molecule has 2 atom stereocenters. The van der Waals surface area contributed by atoms with Crippen molar-refractivity contribution in [3.8, 4) is 11.4 Å². The van der Waals surface area contributed by atoms with Crippen molar-refractivity contribution in [2.24, 2.45) is 0 Å². The normalized spacial score (nSPS) is 16.0. The van der Waals surface area contributed by atoms with E-state index >= 15 is 0 Å². The molecule has 188 valence electrons. The number of hydrogen-bond donors (Lipinski definition) is 3. The first-order valence-corrected chi connectivity index (χ1v) is 12.2. The predicted octanol–water partition coefficient (Wildman–Crippen LogP) is 2.67. The van der Waals surface area contributed by atoms with Crippen LogP contribution in [0.1, 0.15) is 43.7 Å². The smallest absolute Gasteiger partial charge is 0.326 e. The second-order valence-corrected chi connectivity index (χ2v) is 9.25. The van der Waals surface area contributed by atoms with Gasteiger partial charge in [0.05, 0.1) is 23.7 Å². The van der Waals surface area contributed by atoms with E-state index in [4.69, 9.17) is 14.5 Å². The van der Waals surface area contributed by atoms with Crippen LogP contribution < -0.4 is 10.9 Å². The van der Waals surface area contributed by atoms with E-state index in [1.807, 2.05) is 24.3 Å². The molecule has 3 aromatic rings. The number of fused-ring (bicyclic) bond motifs is 1. The quantitative estimate of drug-likeness (QED) is 0.380. The lowest BCUT2D eigenvalue weighted by molar-refractivity contribution is -0.154. The zero-order chi connectivity index (χ0) is 24.9. The molecule has 1 aromatic carbocycles. The monoisotopic (exact) mass is 482 g/mol. The number of carbonyl (C=O) groups is 1. The molecule has 0 amide bonds. The van der Waals surface area contributed by atoms with Crippen LogP contribution in [0.5, 0.6) is 0 Å². The van der Waals surface area contributed by atoms with E-state index in [-0.39, 0.29) is 11.7 Å². The van der Waals surface area contributed by atoms with E-state index < -0.39 is 18.1 Å². The van der Waals surface area contributed by atoms with Crippen LogP contribution in [-0.2, 0) is 27.4 Å². The highest BCUT2D eigenvalue weighted by Crippen LogP contribution is 2.26. The van der Waals surface area contributed by atoms with Gasteiger partial charge in [0.15, 0.2) is 0 Å². The summed E-state index contributed by atoms with van der Waals surface area (Å²) in [6.07, 6.45) is 4.66. The lowest BCUT2D eigenvalue weighted by Gasteiger charge is -2.22. The summed E-state index contributed by atoms with van der Waals surface area (Å²) < 4.78 is 13.0. The van der Waals surface area contributed by atoms with Gasteiger partial charge in [-0.1, -0.05) is 6.07 Å². The fraction of sp³-hybridized carbons (Fsp3) is 0.500. The number of carbonyl (C=O) groups excluding carboxylic acids is 1. The molecule has 0 bridgehead atoms. The number of aromatic amines is 1. The third-order valence-electron chi connectivity index (χ3n) is 6.53. The van der Waals surface area contributed by atoms with Crippen molar-refractivity contribution in [2.75, 3.05) is 13.7 Å². The summed E-state index contributed by atoms with van der Waals surface area (Å²) in [5.41, 5.74) is 3.97. The van der Waals surface area contributed by atoms with Gasteiger partial charge in [0.25, 0.3) is 5.56 Å². The summed E-state index contributed by atoms with van der Waals surface area (Å²) in [5, 5.41) is 13.3. The number of ether oxygens (including phenoxy) is 2. The van der Waals surface area contributed by atoms with Gasteiger partial charge in [0.1, 0.15) is 18.0 Å². The van der Waals surface area contributed by atoms with Crippen LogP contribution in [0.25, 0.3) is 22.4 Å². The minimum Gasteiger partial charge on any atom is -0.461 e. The van der Waals surface area contributed by atoms with Crippen LogP contribution in [0, 0.1) is 6.92 Å². The fourth-order valence-corrected chi connectivity index (χ4v) is 4.56. The number of methoxy groups -OCH3 is 1. The second-order valence-electron chi connectivity index (χ2n) is 9.25. The Labute approximate surface area is 204 Å². The minimum atomic E-state index is -0.879. The maximum atomic E-state index is 12.6. The number of aliphatic hydroxyl groups is 1. The zero-order valence-corrected chi connectivity index (χ0v) is 20.5. The van der Waals surface area contributed by atoms with Gasteiger partial charge in [-0.25, -0.2) is 4.98 Å². The molecular formula is C26H34N4O5. The van der Waals surface area contributed by atoms with Gasteiger partial charge in [0, 0.05) is 37.5 Å². The molecule has 1 aliphatic rings. The molecule has 0 aliphatic heterocycles. The number of nitrogens with zero attached hydrogens (tertiary/aromatic N) is 2. The van der Waals surface area contributed by atoms with Crippen molar-refractivity contribution in [3.05, 3.63) is 51.9 Å². The van der Waals surface area contributed by atoms with Crippen molar-refractivity contribution >= 4 is 17.0 Å². The first-order chi connectivity index (χ1) is 16.9. The maximum Gasteiger partial charge on any atom is 0.326 e. The number of benzene rings is 1. The molecule has 4 rings (SSSR count). The molecule has 0 radical (unpaired) electrons. The number of H-pyrrole nitrogens is 1. The van der Waals surface area contributed by atoms with Gasteiger partial charge < -0.3 is 24.1 Å². The number of esters is 1. The highest BCUT2D eigenvalue weighted by atomic mass is 16.5. The number of aryl methyl sites for hydroxylation is 1. The van der Waals surface area contributed by atoms with Crippen LogP contribution in [-0.4, -0.2) is 57.6 Å². The van der Waals surface area contributed by atoms with Crippen molar-refractivity contribution in [3.63, 3.8) is 0 Å². The summed E-state index contributed by atoms with van der Waals surface area (Å²) in [6, 6.07) is 6.96. The average molecular weight is 483 g/mol. The van der Waals surface area contributed by atoms with Crippen molar-refractivity contribution in [1.29, 1.82) is 0 Å². The molecule has 1 saturated carbocycles. The lowest BCUT2D eigenvalue weighted by atomic mass is 10.1. The van der Waals surface area contributed by atoms with Crippen LogP contribution in [0.2, 0.25) is 0 Å². The summed E-state index contributed by atoms with van der Waals surface area (Å²) in [6.45, 7) is 4.86.